The lowest BCUT2D eigenvalue weighted by Gasteiger charge is -2.35. The number of fused-ring (bicyclic) bond motifs is 1. The minimum atomic E-state index is -2.88. The van der Waals surface area contributed by atoms with E-state index in [-0.39, 0.29) is 84.5 Å². The second-order valence-corrected chi connectivity index (χ2v) is 16.1. The van der Waals surface area contributed by atoms with E-state index in [9.17, 15) is 27.6 Å². The predicted octanol–water partition coefficient (Wildman–Crippen LogP) is 6.05. The third-order valence-electron chi connectivity index (χ3n) is 12.1. The van der Waals surface area contributed by atoms with E-state index >= 15 is 0 Å². The van der Waals surface area contributed by atoms with Crippen molar-refractivity contribution in [2.24, 2.45) is 11.7 Å². The number of carbonyl (C=O) groups is 3. The van der Waals surface area contributed by atoms with Crippen molar-refractivity contribution in [3.8, 4) is 0 Å². The molecular weight excluding hydrogens is 810 g/mol. The molecule has 59 heavy (non-hydrogen) atoms. The molecule has 3 aliphatic heterocycles. The van der Waals surface area contributed by atoms with Crippen LogP contribution in [-0.4, -0.2) is 98.0 Å². The number of hydrogen-bond acceptors (Lipinski definition) is 10. The Morgan fingerprint density at radius 3 is 2.53 bits per heavy atom. The van der Waals surface area contributed by atoms with Gasteiger partial charge in [0.2, 0.25) is 11.8 Å². The van der Waals surface area contributed by atoms with E-state index in [4.69, 9.17) is 5.73 Å². The summed E-state index contributed by atoms with van der Waals surface area (Å²) < 4.78 is 45.7. The normalized spacial score (nSPS) is 24.4. The maximum atomic E-state index is 14.2. The lowest BCUT2D eigenvalue weighted by atomic mass is 9.84. The topological polar surface area (TPSA) is 168 Å². The Morgan fingerprint density at radius 1 is 1.02 bits per heavy atom. The van der Waals surface area contributed by atoms with Crippen molar-refractivity contribution in [1.82, 2.24) is 34.6 Å². The molecule has 1 unspecified atom stereocenters. The Hall–Kier alpha value is -4.45. The summed E-state index contributed by atoms with van der Waals surface area (Å²) in [6.07, 6.45) is 8.33. The van der Waals surface area contributed by atoms with Crippen LogP contribution in [0.2, 0.25) is 0 Å². The Balaban J connectivity index is 0.00000293. The molecule has 3 amide bonds. The SMILES string of the molecule is Cl.Cl.N[C@@H]1C[C@@H](F)CN(c2ccn3ncc(C(=O)Nc4cn(C5CCC(CCN6CCC(Nc7cccc(C8CCC(=O)NC8=O)c7)CC6)CC5)nc4C(F)F)c3n2)C1. The first kappa shape index (κ1) is 44.1. The minimum Gasteiger partial charge on any atom is -0.382 e. The van der Waals surface area contributed by atoms with Crippen LogP contribution in [-0.2, 0) is 9.59 Å². The summed E-state index contributed by atoms with van der Waals surface area (Å²) in [6.45, 7) is 3.57. The number of benzene rings is 1. The smallest absolute Gasteiger partial charge is 0.284 e. The first-order valence-electron chi connectivity index (χ1n) is 20.2. The number of halogens is 5. The summed E-state index contributed by atoms with van der Waals surface area (Å²) in [5.41, 5.74) is 7.74. The van der Waals surface area contributed by atoms with Crippen LogP contribution in [0.5, 0.6) is 0 Å². The van der Waals surface area contributed by atoms with Gasteiger partial charge in [-0.05, 0) is 94.0 Å². The van der Waals surface area contributed by atoms with Crippen molar-refractivity contribution in [1.29, 1.82) is 0 Å². The lowest BCUT2D eigenvalue weighted by Crippen LogP contribution is -2.48. The van der Waals surface area contributed by atoms with Crippen molar-refractivity contribution in [2.75, 3.05) is 48.3 Å². The zero-order chi connectivity index (χ0) is 39.6. The molecule has 3 atom stereocenters. The first-order valence-corrected chi connectivity index (χ1v) is 20.2. The zero-order valence-corrected chi connectivity index (χ0v) is 34.3. The van der Waals surface area contributed by atoms with Crippen molar-refractivity contribution in [2.45, 2.75) is 101 Å². The first-order chi connectivity index (χ1) is 27.6. The summed E-state index contributed by atoms with van der Waals surface area (Å²) in [7, 11) is 0. The maximum Gasteiger partial charge on any atom is 0.284 e. The highest BCUT2D eigenvalue weighted by molar-refractivity contribution is 6.08. The van der Waals surface area contributed by atoms with Crippen LogP contribution < -0.4 is 26.6 Å². The van der Waals surface area contributed by atoms with Gasteiger partial charge in [-0.2, -0.15) is 10.2 Å². The molecule has 14 nitrogen and oxygen atoms in total. The molecule has 320 valence electrons. The van der Waals surface area contributed by atoms with Crippen LogP contribution in [0.3, 0.4) is 0 Å². The largest absolute Gasteiger partial charge is 0.382 e. The van der Waals surface area contributed by atoms with Gasteiger partial charge in [0.05, 0.1) is 30.4 Å². The van der Waals surface area contributed by atoms with Gasteiger partial charge in [-0.25, -0.2) is 22.7 Å². The summed E-state index contributed by atoms with van der Waals surface area (Å²) in [4.78, 5) is 46.2. The third kappa shape index (κ3) is 10.3. The standard InChI is InChI=1S/C40H50F3N11O3.2ClH/c41-26-19-27(44)22-52(21-26)34-13-17-53-38(48-34)32(20-45-53)40(57)47-33-23-54(50-36(33)37(42)43)30-6-4-24(5-7-30)10-14-51-15-11-28(12-16-51)46-29-3-1-2-25(18-29)31-8-9-35(55)49-39(31)56;;/h1-3,13,17-18,20,23-24,26-28,30-31,37,46H,4-12,14-16,19,21-22,44H2,(H,47,57)(H,49,55,56);2*1H/t24?,26-,27-,30?,31?;;/m1../s1. The van der Waals surface area contributed by atoms with E-state index in [1.165, 1.54) is 16.9 Å². The van der Waals surface area contributed by atoms with Gasteiger partial charge in [0.1, 0.15) is 17.6 Å². The van der Waals surface area contributed by atoms with Gasteiger partial charge < -0.3 is 26.2 Å². The summed E-state index contributed by atoms with van der Waals surface area (Å²) in [5, 5.41) is 17.2. The van der Waals surface area contributed by atoms with E-state index in [0.717, 1.165) is 75.8 Å². The van der Waals surface area contributed by atoms with Crippen LogP contribution >= 0.6 is 24.8 Å². The second kappa shape index (κ2) is 19.3. The van der Waals surface area contributed by atoms with E-state index in [1.807, 2.05) is 24.3 Å². The van der Waals surface area contributed by atoms with Gasteiger partial charge in [0.25, 0.3) is 12.3 Å². The molecule has 1 aromatic carbocycles. The number of nitrogens with zero attached hydrogens (tertiary/aromatic N) is 7. The van der Waals surface area contributed by atoms with Crippen molar-refractivity contribution < 1.29 is 27.6 Å². The van der Waals surface area contributed by atoms with E-state index < -0.39 is 24.2 Å². The Kier molecular flexibility index (Phi) is 14.4. The molecule has 4 aromatic rings. The number of amides is 3. The number of anilines is 3. The van der Waals surface area contributed by atoms with Gasteiger partial charge in [-0.15, -0.1) is 24.8 Å². The fourth-order valence-electron chi connectivity index (χ4n) is 8.95. The van der Waals surface area contributed by atoms with Crippen molar-refractivity contribution >= 4 is 65.4 Å². The molecule has 5 N–H and O–H groups in total. The third-order valence-corrected chi connectivity index (χ3v) is 12.1. The van der Waals surface area contributed by atoms with Crippen LogP contribution in [0.25, 0.3) is 5.65 Å². The molecule has 8 rings (SSSR count). The number of alkyl halides is 3. The highest BCUT2D eigenvalue weighted by atomic mass is 35.5. The number of nitrogens with one attached hydrogen (secondary N) is 3. The number of hydrogen-bond donors (Lipinski definition) is 4. The molecule has 0 bridgehead atoms. The summed E-state index contributed by atoms with van der Waals surface area (Å²) in [5.74, 6) is -0.379. The highest BCUT2D eigenvalue weighted by Crippen LogP contribution is 2.37. The van der Waals surface area contributed by atoms with E-state index in [0.29, 0.717) is 37.2 Å². The number of likely N-dealkylation sites (tertiary alicyclic amines) is 1. The number of nitrogens with two attached hydrogens (primary N) is 1. The molecule has 19 heteroatoms. The van der Waals surface area contributed by atoms with Crippen molar-refractivity contribution in [3.63, 3.8) is 0 Å². The zero-order valence-electron chi connectivity index (χ0n) is 32.6. The van der Waals surface area contributed by atoms with Crippen molar-refractivity contribution in [3.05, 3.63) is 65.7 Å². The molecule has 4 aliphatic rings. The van der Waals surface area contributed by atoms with E-state index in [1.54, 1.807) is 21.8 Å². The second-order valence-electron chi connectivity index (χ2n) is 16.1. The van der Waals surface area contributed by atoms with Gasteiger partial charge in [0.15, 0.2) is 11.3 Å². The highest BCUT2D eigenvalue weighted by Gasteiger charge is 2.31. The van der Waals surface area contributed by atoms with Crippen LogP contribution in [0.4, 0.5) is 30.4 Å². The molecule has 3 aromatic heterocycles. The fraction of sp³-hybridized carbons (Fsp3) is 0.550. The van der Waals surface area contributed by atoms with Gasteiger partial charge in [0, 0.05) is 56.2 Å². The minimum absolute atomic E-state index is 0. The molecular formula is C40H52Cl2F3N11O3. The fourth-order valence-corrected chi connectivity index (χ4v) is 8.95. The van der Waals surface area contributed by atoms with E-state index in [2.05, 4.69) is 36.0 Å². The number of aromatic nitrogens is 5. The van der Waals surface area contributed by atoms with Gasteiger partial charge in [-0.1, -0.05) is 12.1 Å². The number of rotatable bonds is 11. The van der Waals surface area contributed by atoms with Gasteiger partial charge in [-0.3, -0.25) is 24.4 Å². The van der Waals surface area contributed by atoms with Crippen LogP contribution in [0.15, 0.2) is 48.9 Å². The molecule has 1 aliphatic carbocycles. The Morgan fingerprint density at radius 2 is 1.80 bits per heavy atom. The quantitative estimate of drug-likeness (QED) is 0.130. The van der Waals surface area contributed by atoms with Crippen LogP contribution in [0, 0.1) is 5.92 Å². The van der Waals surface area contributed by atoms with Gasteiger partial charge >= 0.3 is 0 Å². The number of imide groups is 1. The predicted molar refractivity (Wildman–Crippen MR) is 223 cm³/mol. The lowest BCUT2D eigenvalue weighted by molar-refractivity contribution is -0.134. The molecule has 0 spiro atoms. The number of piperidine rings is 3. The average Bonchev–Trinajstić information content (AvgIpc) is 3.82. The molecule has 0 radical (unpaired) electrons. The monoisotopic (exact) mass is 861 g/mol. The Bertz CT molecular complexity index is 2080. The molecule has 6 heterocycles. The summed E-state index contributed by atoms with van der Waals surface area (Å²) in [6, 6.07) is 9.61. The summed E-state index contributed by atoms with van der Waals surface area (Å²) >= 11 is 0. The van der Waals surface area contributed by atoms with Crippen LogP contribution in [0.1, 0.15) is 104 Å². The molecule has 4 fully saturated rings. The number of carbonyl (C=O) groups excluding carboxylic acids is 3. The maximum absolute atomic E-state index is 14.2. The molecule has 3 saturated heterocycles. The molecule has 1 saturated carbocycles. The average molecular weight is 863 g/mol. The Labute approximate surface area is 353 Å².